The standard InChI is InChI=1S/C12H19ClO/c1-7(2)12-5-8-3-9(6-12)11(13)10(4-8)14-12/h7-11H,3-6H2,1-2H3. The molecule has 0 radical (unpaired) electrons. The average Bonchev–Trinajstić information content (AvgIpc) is 2.12. The highest BCUT2D eigenvalue weighted by Crippen LogP contribution is 2.56. The highest BCUT2D eigenvalue weighted by molar-refractivity contribution is 6.21. The average molecular weight is 215 g/mol. The summed E-state index contributed by atoms with van der Waals surface area (Å²) in [6.45, 7) is 4.60. The monoisotopic (exact) mass is 214 g/mol. The van der Waals surface area contributed by atoms with E-state index in [9.17, 15) is 0 Å². The van der Waals surface area contributed by atoms with Crippen LogP contribution in [0.4, 0.5) is 0 Å². The zero-order valence-corrected chi connectivity index (χ0v) is 9.76. The molecule has 0 amide bonds. The molecule has 2 heteroatoms. The van der Waals surface area contributed by atoms with E-state index in [2.05, 4.69) is 13.8 Å². The van der Waals surface area contributed by atoms with Crippen molar-refractivity contribution >= 4 is 11.6 Å². The third kappa shape index (κ3) is 1.12. The van der Waals surface area contributed by atoms with Gasteiger partial charge in [0.25, 0.3) is 0 Å². The lowest BCUT2D eigenvalue weighted by Gasteiger charge is -2.60. The maximum atomic E-state index is 6.41. The Morgan fingerprint density at radius 3 is 2.71 bits per heavy atom. The van der Waals surface area contributed by atoms with Gasteiger partial charge >= 0.3 is 0 Å². The van der Waals surface area contributed by atoms with E-state index in [-0.39, 0.29) is 5.60 Å². The van der Waals surface area contributed by atoms with Gasteiger partial charge in [0.2, 0.25) is 0 Å². The molecule has 5 atom stereocenters. The molecule has 0 N–H and O–H groups in total. The third-order valence-electron chi connectivity index (χ3n) is 4.69. The predicted octanol–water partition coefficient (Wildman–Crippen LogP) is 3.21. The Morgan fingerprint density at radius 1 is 1.29 bits per heavy atom. The summed E-state index contributed by atoms with van der Waals surface area (Å²) in [4.78, 5) is 0. The summed E-state index contributed by atoms with van der Waals surface area (Å²) in [6, 6.07) is 0. The van der Waals surface area contributed by atoms with Crippen molar-refractivity contribution in [3.05, 3.63) is 0 Å². The van der Waals surface area contributed by atoms with Crippen molar-refractivity contribution in [3.8, 4) is 0 Å². The molecule has 4 fully saturated rings. The van der Waals surface area contributed by atoms with Crippen LogP contribution in [-0.2, 0) is 4.74 Å². The van der Waals surface area contributed by atoms with E-state index in [0.29, 0.717) is 17.4 Å². The fourth-order valence-corrected chi connectivity index (χ4v) is 4.26. The lowest BCUT2D eigenvalue weighted by atomic mass is 9.59. The molecule has 0 aromatic carbocycles. The van der Waals surface area contributed by atoms with Crippen LogP contribution in [0.15, 0.2) is 0 Å². The molecule has 4 aliphatic rings. The van der Waals surface area contributed by atoms with Crippen molar-refractivity contribution in [1.29, 1.82) is 0 Å². The molecule has 4 rings (SSSR count). The molecule has 5 unspecified atom stereocenters. The summed E-state index contributed by atoms with van der Waals surface area (Å²) in [5.41, 5.74) is 0.196. The SMILES string of the molecule is CC(C)C12CC3CC(C1)C(Cl)C(C3)O2. The lowest BCUT2D eigenvalue weighted by Crippen LogP contribution is -2.61. The summed E-state index contributed by atoms with van der Waals surface area (Å²) in [5, 5.41) is 0.304. The molecular formula is C12H19ClO. The van der Waals surface area contributed by atoms with Crippen molar-refractivity contribution in [2.24, 2.45) is 17.8 Å². The van der Waals surface area contributed by atoms with Gasteiger partial charge in [0.15, 0.2) is 0 Å². The minimum atomic E-state index is 0.196. The topological polar surface area (TPSA) is 9.23 Å². The van der Waals surface area contributed by atoms with E-state index in [4.69, 9.17) is 16.3 Å². The highest BCUT2D eigenvalue weighted by atomic mass is 35.5. The van der Waals surface area contributed by atoms with Crippen LogP contribution in [0.1, 0.15) is 39.5 Å². The first-order valence-electron chi connectivity index (χ1n) is 5.92. The van der Waals surface area contributed by atoms with Gasteiger partial charge in [0.1, 0.15) is 0 Å². The van der Waals surface area contributed by atoms with Gasteiger partial charge in [0.05, 0.1) is 17.1 Å². The quantitative estimate of drug-likeness (QED) is 0.610. The number of hydrogen-bond donors (Lipinski definition) is 0. The Hall–Kier alpha value is 0.250. The van der Waals surface area contributed by atoms with Crippen LogP contribution in [-0.4, -0.2) is 17.1 Å². The van der Waals surface area contributed by atoms with Crippen LogP contribution < -0.4 is 0 Å². The number of rotatable bonds is 1. The molecule has 2 aliphatic carbocycles. The molecule has 0 aromatic heterocycles. The molecule has 2 saturated carbocycles. The Kier molecular flexibility index (Phi) is 1.95. The second kappa shape index (κ2) is 2.89. The number of alkyl halides is 1. The third-order valence-corrected chi connectivity index (χ3v) is 5.32. The van der Waals surface area contributed by atoms with Crippen LogP contribution in [0, 0.1) is 17.8 Å². The van der Waals surface area contributed by atoms with Crippen LogP contribution in [0.2, 0.25) is 0 Å². The Morgan fingerprint density at radius 2 is 2.07 bits per heavy atom. The second-order valence-electron chi connectivity index (χ2n) is 5.83. The largest absolute Gasteiger partial charge is 0.370 e. The van der Waals surface area contributed by atoms with E-state index < -0.39 is 0 Å². The molecule has 1 nitrogen and oxygen atoms in total. The summed E-state index contributed by atoms with van der Waals surface area (Å²) in [6.07, 6.45) is 5.46. The van der Waals surface area contributed by atoms with Gasteiger partial charge in [-0.25, -0.2) is 0 Å². The fraction of sp³-hybridized carbons (Fsp3) is 1.00. The minimum absolute atomic E-state index is 0.196. The molecule has 14 heavy (non-hydrogen) atoms. The lowest BCUT2D eigenvalue weighted by molar-refractivity contribution is -0.235. The molecule has 0 spiro atoms. The summed E-state index contributed by atoms with van der Waals surface area (Å²) in [7, 11) is 0. The van der Waals surface area contributed by atoms with E-state index in [1.807, 2.05) is 0 Å². The summed E-state index contributed by atoms with van der Waals surface area (Å²) < 4.78 is 6.25. The number of hydrogen-bond acceptors (Lipinski definition) is 1. The van der Waals surface area contributed by atoms with Gasteiger partial charge in [-0.15, -0.1) is 11.6 Å². The van der Waals surface area contributed by atoms with E-state index in [1.165, 1.54) is 25.7 Å². The zero-order chi connectivity index (χ0) is 9.92. The second-order valence-corrected chi connectivity index (χ2v) is 6.33. The molecular weight excluding hydrogens is 196 g/mol. The van der Waals surface area contributed by atoms with Gasteiger partial charge in [-0.3, -0.25) is 0 Å². The van der Waals surface area contributed by atoms with Gasteiger partial charge in [0, 0.05) is 0 Å². The molecule has 2 heterocycles. The van der Waals surface area contributed by atoms with Crippen LogP contribution in [0.25, 0.3) is 0 Å². The van der Waals surface area contributed by atoms with Crippen LogP contribution >= 0.6 is 11.6 Å². The maximum Gasteiger partial charge on any atom is 0.0751 e. The molecule has 4 bridgehead atoms. The van der Waals surface area contributed by atoms with E-state index in [0.717, 1.165) is 11.8 Å². The van der Waals surface area contributed by atoms with Gasteiger partial charge < -0.3 is 4.74 Å². The molecule has 80 valence electrons. The Bertz CT molecular complexity index is 235. The Balaban J connectivity index is 1.92. The minimum Gasteiger partial charge on any atom is -0.370 e. The number of halogens is 1. The summed E-state index contributed by atoms with van der Waals surface area (Å²) >= 11 is 6.41. The first-order valence-corrected chi connectivity index (χ1v) is 6.36. The van der Waals surface area contributed by atoms with Crippen molar-refractivity contribution < 1.29 is 4.74 Å². The smallest absolute Gasteiger partial charge is 0.0751 e. The van der Waals surface area contributed by atoms with Crippen molar-refractivity contribution in [2.45, 2.75) is 56.6 Å². The van der Waals surface area contributed by atoms with E-state index >= 15 is 0 Å². The fourth-order valence-electron chi connectivity index (χ4n) is 3.91. The van der Waals surface area contributed by atoms with Gasteiger partial charge in [-0.1, -0.05) is 13.8 Å². The molecule has 2 aliphatic heterocycles. The maximum absolute atomic E-state index is 6.41. The normalized spacial score (nSPS) is 55.7. The van der Waals surface area contributed by atoms with Crippen molar-refractivity contribution in [1.82, 2.24) is 0 Å². The Labute approximate surface area is 91.2 Å². The predicted molar refractivity (Wildman–Crippen MR) is 57.5 cm³/mol. The molecule has 0 aromatic rings. The van der Waals surface area contributed by atoms with Crippen LogP contribution in [0.5, 0.6) is 0 Å². The van der Waals surface area contributed by atoms with Crippen molar-refractivity contribution in [3.63, 3.8) is 0 Å². The molecule has 2 saturated heterocycles. The summed E-state index contributed by atoms with van der Waals surface area (Å²) in [5.74, 6) is 2.30. The van der Waals surface area contributed by atoms with Gasteiger partial charge in [-0.05, 0) is 43.4 Å². The zero-order valence-electron chi connectivity index (χ0n) is 9.00. The van der Waals surface area contributed by atoms with E-state index in [1.54, 1.807) is 0 Å². The highest BCUT2D eigenvalue weighted by Gasteiger charge is 2.56. The van der Waals surface area contributed by atoms with Crippen molar-refractivity contribution in [2.75, 3.05) is 0 Å². The van der Waals surface area contributed by atoms with Gasteiger partial charge in [-0.2, -0.15) is 0 Å². The first kappa shape index (κ1) is 9.47. The van der Waals surface area contributed by atoms with Crippen LogP contribution in [0.3, 0.4) is 0 Å². The number of ether oxygens (including phenoxy) is 1. The first-order chi connectivity index (χ1) is 6.61.